The molecule has 1 aliphatic rings. The molecule has 0 amide bonds. The topological polar surface area (TPSA) is 12.0 Å². The first-order valence-electron chi connectivity index (χ1n) is 6.80. The summed E-state index contributed by atoms with van der Waals surface area (Å²) < 4.78 is 0. The van der Waals surface area contributed by atoms with Gasteiger partial charge in [-0.25, -0.2) is 0 Å². The Hall–Kier alpha value is -0.530. The van der Waals surface area contributed by atoms with Crippen LogP contribution in [0.3, 0.4) is 0 Å². The first-order chi connectivity index (χ1) is 8.34. The Morgan fingerprint density at radius 2 is 1.88 bits per heavy atom. The maximum absolute atomic E-state index is 5.97. The molecule has 1 nitrogen and oxygen atoms in total. The van der Waals surface area contributed by atoms with E-state index in [4.69, 9.17) is 11.6 Å². The van der Waals surface area contributed by atoms with Gasteiger partial charge in [-0.2, -0.15) is 0 Å². The average molecular weight is 252 g/mol. The highest BCUT2D eigenvalue weighted by atomic mass is 35.5. The monoisotopic (exact) mass is 251 g/mol. The van der Waals surface area contributed by atoms with Gasteiger partial charge >= 0.3 is 0 Å². The fourth-order valence-electron chi connectivity index (χ4n) is 2.64. The van der Waals surface area contributed by atoms with Crippen molar-refractivity contribution in [3.05, 3.63) is 34.9 Å². The highest BCUT2D eigenvalue weighted by Gasteiger charge is 2.11. The first-order valence-corrected chi connectivity index (χ1v) is 7.17. The molecule has 0 heterocycles. The van der Waals surface area contributed by atoms with Crippen molar-refractivity contribution >= 4 is 11.6 Å². The minimum absolute atomic E-state index is 0.832. The van der Waals surface area contributed by atoms with Crippen LogP contribution in [0.1, 0.15) is 44.1 Å². The molecule has 1 N–H and O–H groups in total. The van der Waals surface area contributed by atoms with Gasteiger partial charge in [0.2, 0.25) is 0 Å². The number of halogens is 1. The number of hydrogen-bond acceptors (Lipinski definition) is 1. The summed E-state index contributed by atoms with van der Waals surface area (Å²) in [5, 5.41) is 4.40. The lowest BCUT2D eigenvalue weighted by molar-refractivity contribution is 0.425. The van der Waals surface area contributed by atoms with Crippen molar-refractivity contribution in [1.29, 1.82) is 0 Å². The van der Waals surface area contributed by atoms with Crippen molar-refractivity contribution in [3.8, 4) is 0 Å². The van der Waals surface area contributed by atoms with Crippen molar-refractivity contribution in [3.63, 3.8) is 0 Å². The molecule has 1 saturated carbocycles. The molecular weight excluding hydrogens is 230 g/mol. The largest absolute Gasteiger partial charge is 0.312 e. The number of benzene rings is 1. The zero-order chi connectivity index (χ0) is 11.9. The fraction of sp³-hybridized carbons (Fsp3) is 0.600. The van der Waals surface area contributed by atoms with Crippen LogP contribution < -0.4 is 5.32 Å². The zero-order valence-electron chi connectivity index (χ0n) is 10.4. The van der Waals surface area contributed by atoms with Crippen LogP contribution in [-0.2, 0) is 6.54 Å². The summed E-state index contributed by atoms with van der Waals surface area (Å²) in [4.78, 5) is 0. The van der Waals surface area contributed by atoms with Crippen LogP contribution in [0.25, 0.3) is 0 Å². The van der Waals surface area contributed by atoms with Crippen LogP contribution >= 0.6 is 11.6 Å². The third-order valence-electron chi connectivity index (χ3n) is 3.63. The van der Waals surface area contributed by atoms with Crippen molar-refractivity contribution < 1.29 is 0 Å². The van der Waals surface area contributed by atoms with E-state index in [1.807, 2.05) is 18.2 Å². The molecule has 1 aromatic rings. The van der Waals surface area contributed by atoms with E-state index < -0.39 is 0 Å². The maximum atomic E-state index is 5.97. The summed E-state index contributed by atoms with van der Waals surface area (Å²) in [6.45, 7) is 2.10. The van der Waals surface area contributed by atoms with Gasteiger partial charge in [0, 0.05) is 11.6 Å². The molecule has 0 aliphatic heterocycles. The molecular formula is C15H22ClN. The molecule has 2 rings (SSSR count). The molecule has 0 saturated heterocycles. The van der Waals surface area contributed by atoms with Gasteiger partial charge in [-0.15, -0.1) is 0 Å². The van der Waals surface area contributed by atoms with E-state index in [0.29, 0.717) is 0 Å². The Balaban J connectivity index is 1.71. The smallest absolute Gasteiger partial charge is 0.0409 e. The third kappa shape index (κ3) is 4.69. The second kappa shape index (κ2) is 7.03. The van der Waals surface area contributed by atoms with Crippen LogP contribution in [0, 0.1) is 5.92 Å². The van der Waals surface area contributed by atoms with Crippen LogP contribution in [-0.4, -0.2) is 6.54 Å². The highest BCUT2D eigenvalue weighted by Crippen LogP contribution is 2.22. The summed E-state index contributed by atoms with van der Waals surface area (Å²) in [6.07, 6.45) is 8.52. The Kier molecular flexibility index (Phi) is 5.34. The van der Waals surface area contributed by atoms with Gasteiger partial charge in [0.1, 0.15) is 0 Å². The first kappa shape index (κ1) is 12.9. The van der Waals surface area contributed by atoms with Crippen LogP contribution in [0.4, 0.5) is 0 Å². The summed E-state index contributed by atoms with van der Waals surface area (Å²) in [6, 6.07) is 8.12. The van der Waals surface area contributed by atoms with E-state index in [0.717, 1.165) is 24.0 Å². The second-order valence-corrected chi connectivity index (χ2v) is 5.55. The molecule has 0 bridgehead atoms. The van der Waals surface area contributed by atoms with Gasteiger partial charge in [-0.3, -0.25) is 0 Å². The zero-order valence-corrected chi connectivity index (χ0v) is 11.2. The summed E-state index contributed by atoms with van der Waals surface area (Å²) in [5.74, 6) is 0.886. The van der Waals surface area contributed by atoms with E-state index in [-0.39, 0.29) is 0 Å². The van der Waals surface area contributed by atoms with Crippen molar-refractivity contribution in [2.45, 2.75) is 45.1 Å². The van der Waals surface area contributed by atoms with Gasteiger partial charge in [0.05, 0.1) is 0 Å². The molecule has 2 heteroatoms. The second-order valence-electron chi connectivity index (χ2n) is 5.12. The fourth-order valence-corrected chi connectivity index (χ4v) is 2.85. The number of hydrogen-bond donors (Lipinski definition) is 1. The minimum Gasteiger partial charge on any atom is -0.312 e. The molecule has 0 radical (unpaired) electrons. The third-order valence-corrected chi connectivity index (χ3v) is 3.86. The predicted molar refractivity (Wildman–Crippen MR) is 74.4 cm³/mol. The predicted octanol–water partition coefficient (Wildman–Crippen LogP) is 4.40. The Morgan fingerprint density at radius 3 is 2.59 bits per heavy atom. The van der Waals surface area contributed by atoms with Crippen molar-refractivity contribution in [2.24, 2.45) is 5.92 Å². The quantitative estimate of drug-likeness (QED) is 0.783. The number of rotatable bonds is 4. The molecule has 0 aromatic heterocycles. The molecule has 17 heavy (non-hydrogen) atoms. The molecule has 1 fully saturated rings. The van der Waals surface area contributed by atoms with E-state index in [1.54, 1.807) is 0 Å². The van der Waals surface area contributed by atoms with Gasteiger partial charge < -0.3 is 5.32 Å². The standard InChI is InChI=1S/C15H22ClN/c16-15-9-5-8-14(10-15)12-17-11-13-6-3-1-2-4-7-13/h5,8-10,13,17H,1-4,6-7,11-12H2. The van der Waals surface area contributed by atoms with Crippen LogP contribution in [0.15, 0.2) is 24.3 Å². The van der Waals surface area contributed by atoms with Crippen LogP contribution in [0.5, 0.6) is 0 Å². The Morgan fingerprint density at radius 1 is 1.12 bits per heavy atom. The van der Waals surface area contributed by atoms with E-state index >= 15 is 0 Å². The lowest BCUT2D eigenvalue weighted by Crippen LogP contribution is -2.22. The molecule has 0 unspecified atom stereocenters. The van der Waals surface area contributed by atoms with Crippen LogP contribution in [0.2, 0.25) is 5.02 Å². The van der Waals surface area contributed by atoms with Gasteiger partial charge in [0.25, 0.3) is 0 Å². The Labute approximate surface area is 110 Å². The van der Waals surface area contributed by atoms with E-state index in [9.17, 15) is 0 Å². The van der Waals surface area contributed by atoms with Crippen molar-refractivity contribution in [1.82, 2.24) is 5.32 Å². The lowest BCUT2D eigenvalue weighted by atomic mass is 10.0. The summed E-state index contributed by atoms with van der Waals surface area (Å²) in [5.41, 5.74) is 1.28. The maximum Gasteiger partial charge on any atom is 0.0409 e. The van der Waals surface area contributed by atoms with E-state index in [2.05, 4.69) is 11.4 Å². The lowest BCUT2D eigenvalue weighted by Gasteiger charge is -2.14. The van der Waals surface area contributed by atoms with Gasteiger partial charge in [-0.1, -0.05) is 49.4 Å². The average Bonchev–Trinajstić information content (AvgIpc) is 2.58. The SMILES string of the molecule is Clc1cccc(CNCC2CCCCCC2)c1. The van der Waals surface area contributed by atoms with E-state index in [1.165, 1.54) is 44.1 Å². The van der Waals surface area contributed by atoms with Crippen molar-refractivity contribution in [2.75, 3.05) is 6.54 Å². The summed E-state index contributed by atoms with van der Waals surface area (Å²) in [7, 11) is 0. The molecule has 1 aliphatic carbocycles. The molecule has 0 atom stereocenters. The summed E-state index contributed by atoms with van der Waals surface area (Å²) >= 11 is 5.97. The normalized spacial score (nSPS) is 17.9. The van der Waals surface area contributed by atoms with Gasteiger partial charge in [-0.05, 0) is 43.0 Å². The molecule has 0 spiro atoms. The molecule has 1 aromatic carbocycles. The van der Waals surface area contributed by atoms with Gasteiger partial charge in [0.15, 0.2) is 0 Å². The molecule has 94 valence electrons. The minimum atomic E-state index is 0.832. The Bertz CT molecular complexity index is 329. The highest BCUT2D eigenvalue weighted by molar-refractivity contribution is 6.30. The number of nitrogens with one attached hydrogen (secondary N) is 1.